The highest BCUT2D eigenvalue weighted by Crippen LogP contribution is 2.35. The molecule has 0 spiro atoms. The monoisotopic (exact) mass is 381 g/mol. The lowest BCUT2D eigenvalue weighted by molar-refractivity contribution is -0.138. The molecule has 0 amide bonds. The molecule has 0 saturated carbocycles. The van der Waals surface area contributed by atoms with Gasteiger partial charge in [0.1, 0.15) is 6.04 Å². The number of carbonyl (C=O) groups excluding carboxylic acids is 1. The van der Waals surface area contributed by atoms with E-state index >= 15 is 0 Å². The maximum absolute atomic E-state index is 12.3. The molecule has 0 fully saturated rings. The van der Waals surface area contributed by atoms with Crippen molar-refractivity contribution in [1.29, 1.82) is 0 Å². The van der Waals surface area contributed by atoms with Gasteiger partial charge in [-0.3, -0.25) is 4.99 Å². The summed E-state index contributed by atoms with van der Waals surface area (Å²) in [6.45, 7) is 2.03. The number of nitrogens with one attached hydrogen (secondary N) is 1. The number of halogens is 2. The zero-order valence-corrected chi connectivity index (χ0v) is 15.0. The lowest BCUT2D eigenvalue weighted by atomic mass is 9.98. The van der Waals surface area contributed by atoms with E-state index in [0.717, 1.165) is 5.01 Å². The number of nitrogens with zero attached hydrogens (tertiary/aromatic N) is 2. The van der Waals surface area contributed by atoms with Crippen molar-refractivity contribution >= 4 is 46.3 Å². The molecule has 1 aliphatic rings. The molecule has 24 heavy (non-hydrogen) atoms. The smallest absolute Gasteiger partial charge is 0.338 e. The van der Waals surface area contributed by atoms with E-state index in [9.17, 15) is 4.79 Å². The topological polar surface area (TPSA) is 63.6 Å². The van der Waals surface area contributed by atoms with Crippen LogP contribution in [-0.4, -0.2) is 23.4 Å². The van der Waals surface area contributed by atoms with E-state index in [-0.39, 0.29) is 6.61 Å². The van der Waals surface area contributed by atoms with Crippen LogP contribution in [0.3, 0.4) is 0 Å². The van der Waals surface area contributed by atoms with Crippen LogP contribution in [0.25, 0.3) is 0 Å². The molecule has 3 rings (SSSR count). The van der Waals surface area contributed by atoms with E-state index in [1.807, 2.05) is 5.38 Å². The number of ether oxygens (including phenoxy) is 1. The second-order valence-corrected chi connectivity index (χ2v) is 6.59. The molecule has 0 radical (unpaired) electrons. The van der Waals surface area contributed by atoms with Gasteiger partial charge in [-0.2, -0.15) is 0 Å². The van der Waals surface area contributed by atoms with Crippen LogP contribution in [0.15, 0.2) is 46.5 Å². The van der Waals surface area contributed by atoms with Gasteiger partial charge in [-0.25, -0.2) is 9.78 Å². The van der Waals surface area contributed by atoms with Crippen molar-refractivity contribution in [3.05, 3.63) is 62.2 Å². The molecule has 0 unspecified atom stereocenters. The molecule has 0 bridgehead atoms. The molecular weight excluding hydrogens is 369 g/mol. The van der Waals surface area contributed by atoms with Gasteiger partial charge in [0.25, 0.3) is 0 Å². The van der Waals surface area contributed by atoms with Crippen LogP contribution in [0.5, 0.6) is 0 Å². The van der Waals surface area contributed by atoms with Crippen LogP contribution in [0.4, 0.5) is 0 Å². The summed E-state index contributed by atoms with van der Waals surface area (Å²) in [6.07, 6.45) is 3.29. The standard InChI is InChI=1S/C16H13Cl2N3O2S/c1-2-23-16(22)11-8-20-14(15-19-5-6-24-15)21-13(11)10-4-3-9(17)7-12(10)18/h3-8,13H,2H2,1H3,(H,20,21)/t13-/m0/s1. The predicted molar refractivity (Wildman–Crippen MR) is 95.7 cm³/mol. The summed E-state index contributed by atoms with van der Waals surface area (Å²) < 4.78 is 5.12. The van der Waals surface area contributed by atoms with Crippen molar-refractivity contribution in [3.63, 3.8) is 0 Å². The number of carbonyl (C=O) groups is 1. The van der Waals surface area contributed by atoms with Gasteiger partial charge in [0.15, 0.2) is 10.8 Å². The summed E-state index contributed by atoms with van der Waals surface area (Å²) in [5.74, 6) is 0.136. The molecule has 0 aliphatic carbocycles. The van der Waals surface area contributed by atoms with Gasteiger partial charge >= 0.3 is 5.97 Å². The van der Waals surface area contributed by atoms with E-state index < -0.39 is 12.0 Å². The Bertz CT molecular complexity index is 819. The highest BCUT2D eigenvalue weighted by Gasteiger charge is 2.29. The zero-order chi connectivity index (χ0) is 17.1. The third-order valence-electron chi connectivity index (χ3n) is 3.32. The number of thiazole rings is 1. The van der Waals surface area contributed by atoms with E-state index in [1.54, 1.807) is 37.5 Å². The average Bonchev–Trinajstić information content (AvgIpc) is 3.09. The number of esters is 1. The van der Waals surface area contributed by atoms with E-state index in [4.69, 9.17) is 27.9 Å². The number of aliphatic imine (C=N–C) groups is 1. The molecule has 1 aromatic heterocycles. The second kappa shape index (κ2) is 7.34. The van der Waals surface area contributed by atoms with Gasteiger partial charge in [-0.15, -0.1) is 11.3 Å². The normalized spacial score (nSPS) is 16.9. The quantitative estimate of drug-likeness (QED) is 0.813. The van der Waals surface area contributed by atoms with Crippen molar-refractivity contribution in [2.45, 2.75) is 13.0 Å². The molecule has 2 heterocycles. The highest BCUT2D eigenvalue weighted by molar-refractivity contribution is 7.11. The van der Waals surface area contributed by atoms with Crippen molar-refractivity contribution in [3.8, 4) is 0 Å². The molecule has 2 aromatic rings. The van der Waals surface area contributed by atoms with Crippen LogP contribution in [0, 0.1) is 0 Å². The Morgan fingerprint density at radius 3 is 2.92 bits per heavy atom. The van der Waals surface area contributed by atoms with Gasteiger partial charge in [-0.1, -0.05) is 29.3 Å². The first-order valence-electron chi connectivity index (χ1n) is 7.16. The molecule has 1 aromatic carbocycles. The fourth-order valence-corrected chi connectivity index (χ4v) is 3.37. The van der Waals surface area contributed by atoms with E-state index in [0.29, 0.717) is 27.0 Å². The SMILES string of the molecule is CCOC(=O)C1=CNC(c2nccs2)=N[C@H]1c1ccc(Cl)cc1Cl. The molecule has 0 saturated heterocycles. The number of aromatic nitrogens is 1. The second-order valence-electron chi connectivity index (χ2n) is 4.85. The summed E-state index contributed by atoms with van der Waals surface area (Å²) in [5, 5.41) is 6.54. The number of hydrogen-bond donors (Lipinski definition) is 1. The van der Waals surface area contributed by atoms with Crippen LogP contribution >= 0.6 is 34.5 Å². The Morgan fingerprint density at radius 2 is 2.25 bits per heavy atom. The van der Waals surface area contributed by atoms with Crippen molar-refractivity contribution in [2.75, 3.05) is 6.61 Å². The maximum atomic E-state index is 12.3. The van der Waals surface area contributed by atoms with Crippen LogP contribution in [0.1, 0.15) is 23.5 Å². The number of hydrogen-bond acceptors (Lipinski definition) is 6. The highest BCUT2D eigenvalue weighted by atomic mass is 35.5. The molecule has 124 valence electrons. The minimum atomic E-state index is -0.589. The van der Waals surface area contributed by atoms with E-state index in [2.05, 4.69) is 15.3 Å². The first-order valence-corrected chi connectivity index (χ1v) is 8.80. The fourth-order valence-electron chi connectivity index (χ4n) is 2.26. The van der Waals surface area contributed by atoms with Gasteiger partial charge < -0.3 is 10.1 Å². The minimum Gasteiger partial charge on any atom is -0.463 e. The fraction of sp³-hybridized carbons (Fsp3) is 0.188. The average molecular weight is 382 g/mol. The molecule has 8 heteroatoms. The first-order chi connectivity index (χ1) is 11.6. The largest absolute Gasteiger partial charge is 0.463 e. The lowest BCUT2D eigenvalue weighted by Gasteiger charge is -2.22. The molecule has 1 N–H and O–H groups in total. The molecule has 5 nitrogen and oxygen atoms in total. The van der Waals surface area contributed by atoms with Gasteiger partial charge in [-0.05, 0) is 19.1 Å². The van der Waals surface area contributed by atoms with Crippen LogP contribution < -0.4 is 5.32 Å². The predicted octanol–water partition coefficient (Wildman–Crippen LogP) is 3.99. The summed E-state index contributed by atoms with van der Waals surface area (Å²) in [7, 11) is 0. The summed E-state index contributed by atoms with van der Waals surface area (Å²) in [5.41, 5.74) is 1.05. The number of amidine groups is 1. The summed E-state index contributed by atoms with van der Waals surface area (Å²) >= 11 is 13.7. The third kappa shape index (κ3) is 3.45. The molecule has 1 atom stereocenters. The van der Waals surface area contributed by atoms with Crippen molar-refractivity contribution in [1.82, 2.24) is 10.3 Å². The van der Waals surface area contributed by atoms with Gasteiger partial charge in [0.05, 0.1) is 12.2 Å². The Labute approximate surface area is 153 Å². The zero-order valence-electron chi connectivity index (χ0n) is 12.6. The summed E-state index contributed by atoms with van der Waals surface area (Å²) in [4.78, 5) is 21.1. The number of rotatable bonds is 4. The van der Waals surface area contributed by atoms with Crippen molar-refractivity contribution in [2.24, 2.45) is 4.99 Å². The Balaban J connectivity index is 2.04. The van der Waals surface area contributed by atoms with Crippen molar-refractivity contribution < 1.29 is 9.53 Å². The lowest BCUT2D eigenvalue weighted by Crippen LogP contribution is -2.29. The Morgan fingerprint density at radius 1 is 1.42 bits per heavy atom. The van der Waals surface area contributed by atoms with E-state index in [1.165, 1.54) is 11.3 Å². The molecular formula is C16H13Cl2N3O2S. The summed E-state index contributed by atoms with van der Waals surface area (Å²) in [6, 6.07) is 4.51. The minimum absolute atomic E-state index is 0.278. The first kappa shape index (κ1) is 17.0. The maximum Gasteiger partial charge on any atom is 0.338 e. The Hall–Kier alpha value is -1.89. The van der Waals surface area contributed by atoms with Gasteiger partial charge in [0.2, 0.25) is 0 Å². The third-order valence-corrected chi connectivity index (χ3v) is 4.66. The van der Waals surface area contributed by atoms with Crippen LogP contribution in [0.2, 0.25) is 10.0 Å². The van der Waals surface area contributed by atoms with Crippen LogP contribution in [-0.2, 0) is 9.53 Å². The molecule has 1 aliphatic heterocycles. The Kier molecular flexibility index (Phi) is 5.18. The number of benzene rings is 1. The van der Waals surface area contributed by atoms with Gasteiger partial charge in [0, 0.05) is 33.4 Å².